The van der Waals surface area contributed by atoms with Crippen molar-refractivity contribution >= 4 is 41.8 Å². The Balaban J connectivity index is 3.62. The van der Waals surface area contributed by atoms with E-state index in [0.29, 0.717) is 0 Å². The van der Waals surface area contributed by atoms with Gasteiger partial charge in [0.15, 0.2) is 0 Å². The Hall–Kier alpha value is 0.555. The molecule has 2 N–H and O–H groups in total. The van der Waals surface area contributed by atoms with Crippen molar-refractivity contribution in [1.29, 1.82) is 0 Å². The van der Waals surface area contributed by atoms with E-state index in [2.05, 4.69) is 0 Å². The van der Waals surface area contributed by atoms with Crippen LogP contribution in [0.5, 0.6) is 0 Å². The molecule has 0 aliphatic carbocycles. The molecule has 0 heterocycles. The average molecular weight is 278 g/mol. The molecule has 12 heteroatoms. The highest BCUT2D eigenvalue weighted by atomic mass is 35.5. The lowest BCUT2D eigenvalue weighted by molar-refractivity contribution is -0.0338. The number of rotatable bonds is 4. The third-order valence-electron chi connectivity index (χ3n) is 0.556. The molecule has 84 valence electrons. The quantitative estimate of drug-likeness (QED) is 0.469. The predicted molar refractivity (Wildman–Crippen MR) is 45.2 cm³/mol. The molecule has 0 saturated carbocycles. The van der Waals surface area contributed by atoms with E-state index < -0.39 is 41.3 Å². The first-order chi connectivity index (χ1) is 6.10. The number of alkyl halides is 6. The average Bonchev–Trinajstić information content (AvgIpc) is 1.94. The Kier molecular flexibility index (Phi) is 5.81. The van der Waals surface area contributed by atoms with Crippen molar-refractivity contribution in [3.8, 4) is 0 Å². The molecule has 0 aliphatic rings. The van der Waals surface area contributed by atoms with Crippen LogP contribution in [0, 0.1) is 0 Å². The van der Waals surface area contributed by atoms with Crippen LogP contribution in [0.3, 0.4) is 0 Å². The largest absolute Gasteiger partial charge is 0.455 e. The summed E-state index contributed by atoms with van der Waals surface area (Å²) in [7, 11) is 0. The summed E-state index contributed by atoms with van der Waals surface area (Å²) in [4.78, 5) is 0. The van der Waals surface area contributed by atoms with Gasteiger partial charge in [0.2, 0.25) is 0 Å². The first kappa shape index (κ1) is 14.6. The van der Waals surface area contributed by atoms with Gasteiger partial charge in [-0.05, 0) is 0 Å². The third kappa shape index (κ3) is 10.6. The van der Waals surface area contributed by atoms with Gasteiger partial charge in [-0.3, -0.25) is 9.27 Å². The Morgan fingerprint density at radius 1 is 0.857 bits per heavy atom. The molecule has 0 spiro atoms. The summed E-state index contributed by atoms with van der Waals surface area (Å²) in [6.07, 6.45) is -1.65. The van der Waals surface area contributed by atoms with Gasteiger partial charge < -0.3 is 0 Å². The lowest BCUT2D eigenvalue weighted by atomic mass is 10.2. The van der Waals surface area contributed by atoms with Crippen molar-refractivity contribution in [2.45, 2.75) is 11.0 Å². The molecule has 2 nitrogen and oxygen atoms in total. The zero-order chi connectivity index (χ0) is 11.4. The first-order valence-corrected chi connectivity index (χ1v) is 4.82. The molecule has 0 aromatic heterocycles. The highest BCUT2D eigenvalue weighted by Crippen LogP contribution is 2.29. The number of hydrogen-bond acceptors (Lipinski definition) is 4. The molecule has 0 amide bonds. The molecule has 0 rings (SSSR count). The lowest BCUT2D eigenvalue weighted by Gasteiger charge is -2.11. The molecule has 0 saturated heterocycles. The third-order valence-corrected chi connectivity index (χ3v) is 2.20. The molecule has 0 aromatic rings. The van der Waals surface area contributed by atoms with Gasteiger partial charge >= 0.3 is 17.4 Å². The second-order valence-electron chi connectivity index (χ2n) is 1.69. The normalized spacial score (nSPS) is 13.1. The lowest BCUT2D eigenvalue weighted by Crippen LogP contribution is -2.38. The maximum absolute atomic E-state index is 11.5. The van der Waals surface area contributed by atoms with Crippen LogP contribution < -0.4 is 9.27 Å². The smallest absolute Gasteiger partial charge is 0.265 e. The molecule has 0 atom stereocenters. The highest BCUT2D eigenvalue weighted by Gasteiger charge is 2.34. The van der Waals surface area contributed by atoms with Crippen LogP contribution in [-0.4, -0.2) is 17.4 Å². The van der Waals surface area contributed by atoms with E-state index in [1.54, 1.807) is 0 Å². The minimum absolute atomic E-state index is 0.733. The van der Waals surface area contributed by atoms with Crippen molar-refractivity contribution in [3.63, 3.8) is 0 Å². The number of halogens is 7. The van der Waals surface area contributed by atoms with Gasteiger partial charge in [0, 0.05) is 23.9 Å². The van der Waals surface area contributed by atoms with Crippen LogP contribution in [0.4, 0.5) is 26.3 Å². The molecule has 0 bridgehead atoms. The molecule has 0 aromatic carbocycles. The van der Waals surface area contributed by atoms with Crippen LogP contribution in [0.2, 0.25) is 0 Å². The van der Waals surface area contributed by atoms with E-state index >= 15 is 0 Å². The minimum Gasteiger partial charge on any atom is -0.265 e. The summed E-state index contributed by atoms with van der Waals surface area (Å²) in [6.45, 7) is 0. The zero-order valence-corrected chi connectivity index (χ0v) is 8.43. The predicted octanol–water partition coefficient (Wildman–Crippen LogP) is 2.73. The molecular weight excluding hydrogens is 276 g/mol. The summed E-state index contributed by atoms with van der Waals surface area (Å²) in [5.41, 5.74) is -9.20. The maximum Gasteiger partial charge on any atom is 0.455 e. The fourth-order valence-corrected chi connectivity index (χ4v) is 1.20. The SMILES string of the molecule is FC(F)(F)SNB(Cl)NSC(F)(F)F. The Morgan fingerprint density at radius 2 is 1.14 bits per heavy atom. The van der Waals surface area contributed by atoms with Gasteiger partial charge in [-0.25, -0.2) is 0 Å². The fourth-order valence-electron chi connectivity index (χ4n) is 0.261. The van der Waals surface area contributed by atoms with Crippen LogP contribution in [-0.2, 0) is 0 Å². The van der Waals surface area contributed by atoms with E-state index in [9.17, 15) is 26.3 Å². The van der Waals surface area contributed by atoms with E-state index in [0.717, 1.165) is 0 Å². The van der Waals surface area contributed by atoms with Gasteiger partial charge in [-0.15, -0.1) is 11.5 Å². The summed E-state index contributed by atoms with van der Waals surface area (Å²) < 4.78 is 71.9. The summed E-state index contributed by atoms with van der Waals surface area (Å²) in [6, 6.07) is 0. The molecular formula is C2H2BClF6N2S2. The van der Waals surface area contributed by atoms with Crippen LogP contribution in [0.15, 0.2) is 0 Å². The molecule has 0 fully saturated rings. The van der Waals surface area contributed by atoms with Gasteiger partial charge in [0.05, 0.1) is 0 Å². The van der Waals surface area contributed by atoms with Crippen LogP contribution in [0.1, 0.15) is 0 Å². The Morgan fingerprint density at radius 3 is 1.36 bits per heavy atom. The standard InChI is InChI=1S/C2H2BClF6N2S2/c4-3(11-13-1(5,6)7)12-14-2(8,9)10/h11-12H. The summed E-state index contributed by atoms with van der Waals surface area (Å²) in [5.74, 6) is 0. The second-order valence-corrected chi connectivity index (χ2v) is 3.94. The van der Waals surface area contributed by atoms with Crippen molar-refractivity contribution in [2.24, 2.45) is 0 Å². The van der Waals surface area contributed by atoms with Crippen LogP contribution in [0.25, 0.3) is 0 Å². The molecule has 0 unspecified atom stereocenters. The van der Waals surface area contributed by atoms with Crippen molar-refractivity contribution < 1.29 is 26.3 Å². The molecule has 0 radical (unpaired) electrons. The van der Waals surface area contributed by atoms with Crippen molar-refractivity contribution in [3.05, 3.63) is 0 Å². The van der Waals surface area contributed by atoms with E-state index in [1.807, 2.05) is 0 Å². The van der Waals surface area contributed by atoms with Gasteiger partial charge in [-0.1, -0.05) is 0 Å². The zero-order valence-electron chi connectivity index (χ0n) is 6.04. The molecule has 0 aliphatic heterocycles. The van der Waals surface area contributed by atoms with Gasteiger partial charge in [-0.2, -0.15) is 26.3 Å². The highest BCUT2D eigenvalue weighted by molar-refractivity contribution is 8.01. The van der Waals surface area contributed by atoms with E-state index in [-0.39, 0.29) is 0 Å². The number of hydrogen-bond donors (Lipinski definition) is 2. The summed E-state index contributed by atoms with van der Waals surface area (Å²) >= 11 is 3.56. The van der Waals surface area contributed by atoms with Crippen molar-refractivity contribution in [2.75, 3.05) is 0 Å². The van der Waals surface area contributed by atoms with Crippen molar-refractivity contribution in [1.82, 2.24) is 9.27 Å². The van der Waals surface area contributed by atoms with E-state index in [1.165, 1.54) is 9.27 Å². The van der Waals surface area contributed by atoms with E-state index in [4.69, 9.17) is 11.5 Å². The maximum atomic E-state index is 11.5. The fraction of sp³-hybridized carbons (Fsp3) is 1.00. The van der Waals surface area contributed by atoms with Gasteiger partial charge in [0.1, 0.15) is 0 Å². The minimum atomic E-state index is -4.60. The summed E-state index contributed by atoms with van der Waals surface area (Å²) in [5, 5.41) is 0. The van der Waals surface area contributed by atoms with Gasteiger partial charge in [0.25, 0.3) is 0 Å². The topological polar surface area (TPSA) is 24.1 Å². The first-order valence-electron chi connectivity index (χ1n) is 2.75. The second kappa shape index (κ2) is 5.59. The molecule has 14 heavy (non-hydrogen) atoms. The van der Waals surface area contributed by atoms with Crippen LogP contribution >= 0.6 is 35.4 Å². The Labute approximate surface area is 88.8 Å². The number of nitrogens with one attached hydrogen (secondary N) is 2. The Bertz CT molecular complexity index is 156. The monoisotopic (exact) mass is 278 g/mol.